The molecule has 0 N–H and O–H groups in total. The van der Waals surface area contributed by atoms with Gasteiger partial charge in [-0.1, -0.05) is 11.6 Å². The predicted octanol–water partition coefficient (Wildman–Crippen LogP) is 0.795. The second kappa shape index (κ2) is 2.88. The summed E-state index contributed by atoms with van der Waals surface area (Å²) < 4.78 is 5.14. The summed E-state index contributed by atoms with van der Waals surface area (Å²) in [6.45, 7) is 0.615. The van der Waals surface area contributed by atoms with E-state index in [1.165, 1.54) is 0 Å². The summed E-state index contributed by atoms with van der Waals surface area (Å²) in [5.41, 5.74) is 0. The van der Waals surface area contributed by atoms with Crippen molar-refractivity contribution < 1.29 is 4.74 Å². The molecule has 0 aromatic carbocycles. The van der Waals surface area contributed by atoms with Crippen molar-refractivity contribution in [2.75, 3.05) is 13.7 Å². The molecule has 0 fully saturated rings. The highest BCUT2D eigenvalue weighted by molar-refractivity contribution is 6.68. The molecule has 0 saturated heterocycles. The van der Waals surface area contributed by atoms with Crippen LogP contribution in [0.4, 0.5) is 0 Å². The molecule has 0 radical (unpaired) electrons. The third-order valence-electron chi connectivity index (χ3n) is 1.76. The first-order chi connectivity index (χ1) is 5.81. The minimum absolute atomic E-state index is 0.0984. The van der Waals surface area contributed by atoms with Gasteiger partial charge in [-0.3, -0.25) is 4.99 Å². The number of fused-ring (bicyclic) bond motifs is 1. The number of rotatable bonds is 1. The average Bonchev–Trinajstić information content (AvgIpc) is 2.46. The Morgan fingerprint density at radius 1 is 1.67 bits per heavy atom. The molecule has 0 unspecified atom stereocenters. The first-order valence-corrected chi connectivity index (χ1v) is 3.98. The number of aliphatic imine (C=N–C) groups is 1. The van der Waals surface area contributed by atoms with Crippen LogP contribution in [0.2, 0.25) is 0 Å². The lowest BCUT2D eigenvalue weighted by Crippen LogP contribution is -2.34. The summed E-state index contributed by atoms with van der Waals surface area (Å²) >= 11 is 5.72. The number of methoxy groups -OCH3 is 1. The van der Waals surface area contributed by atoms with E-state index in [4.69, 9.17) is 16.3 Å². The number of allylic oxidation sites excluding steroid dienone is 1. The van der Waals surface area contributed by atoms with Crippen LogP contribution in [0.3, 0.4) is 0 Å². The van der Waals surface area contributed by atoms with E-state index >= 15 is 0 Å². The fraction of sp³-hybridized carbons (Fsp3) is 0.429. The molecule has 0 aromatic rings. The molecular formula is C7H8ClN3O. The van der Waals surface area contributed by atoms with Crippen molar-refractivity contribution in [2.45, 2.75) is 6.23 Å². The molecule has 0 bridgehead atoms. The van der Waals surface area contributed by atoms with Crippen LogP contribution in [0.5, 0.6) is 0 Å². The van der Waals surface area contributed by atoms with Crippen molar-refractivity contribution in [3.8, 4) is 0 Å². The van der Waals surface area contributed by atoms with Gasteiger partial charge >= 0.3 is 0 Å². The Balaban J connectivity index is 2.24. The van der Waals surface area contributed by atoms with Crippen LogP contribution in [0.1, 0.15) is 0 Å². The van der Waals surface area contributed by atoms with Gasteiger partial charge in [0.15, 0.2) is 6.23 Å². The molecule has 0 saturated carbocycles. The fourth-order valence-electron chi connectivity index (χ4n) is 1.17. The third-order valence-corrected chi connectivity index (χ3v) is 1.96. The average molecular weight is 186 g/mol. The molecule has 0 aromatic heterocycles. The Morgan fingerprint density at radius 2 is 2.50 bits per heavy atom. The lowest BCUT2D eigenvalue weighted by Gasteiger charge is -2.21. The van der Waals surface area contributed by atoms with Crippen LogP contribution < -0.4 is 0 Å². The highest BCUT2D eigenvalue weighted by Gasteiger charge is 2.27. The van der Waals surface area contributed by atoms with Crippen LogP contribution in [0.15, 0.2) is 22.2 Å². The Kier molecular flexibility index (Phi) is 1.86. The van der Waals surface area contributed by atoms with Gasteiger partial charge < -0.3 is 4.74 Å². The summed E-state index contributed by atoms with van der Waals surface area (Å²) in [6, 6.07) is 0. The van der Waals surface area contributed by atoms with E-state index in [9.17, 15) is 0 Å². The molecule has 5 heteroatoms. The van der Waals surface area contributed by atoms with Gasteiger partial charge in [0.1, 0.15) is 11.0 Å². The van der Waals surface area contributed by atoms with Crippen LogP contribution in [0, 0.1) is 0 Å². The minimum Gasteiger partial charge on any atom is -0.358 e. The molecule has 2 heterocycles. The molecule has 0 spiro atoms. The third kappa shape index (κ3) is 1.13. The van der Waals surface area contributed by atoms with Gasteiger partial charge in [-0.15, -0.1) is 0 Å². The number of hydrazone groups is 1. The van der Waals surface area contributed by atoms with Gasteiger partial charge in [0.05, 0.1) is 6.54 Å². The van der Waals surface area contributed by atoms with Crippen LogP contribution >= 0.6 is 11.6 Å². The van der Waals surface area contributed by atoms with Crippen LogP contribution in [-0.4, -0.2) is 35.9 Å². The molecule has 2 rings (SSSR count). The Labute approximate surface area is 75.2 Å². The molecule has 0 aliphatic carbocycles. The lowest BCUT2D eigenvalue weighted by molar-refractivity contribution is 0.0276. The zero-order chi connectivity index (χ0) is 8.55. The van der Waals surface area contributed by atoms with Crippen molar-refractivity contribution in [2.24, 2.45) is 10.1 Å². The largest absolute Gasteiger partial charge is 0.358 e. The van der Waals surface area contributed by atoms with Crippen LogP contribution in [-0.2, 0) is 4.74 Å². The van der Waals surface area contributed by atoms with E-state index in [1.807, 2.05) is 6.08 Å². The molecule has 12 heavy (non-hydrogen) atoms. The van der Waals surface area contributed by atoms with E-state index in [-0.39, 0.29) is 6.23 Å². The zero-order valence-corrected chi connectivity index (χ0v) is 7.32. The van der Waals surface area contributed by atoms with Crippen molar-refractivity contribution in [1.82, 2.24) is 5.01 Å². The molecule has 64 valence electrons. The van der Waals surface area contributed by atoms with Crippen molar-refractivity contribution >= 4 is 22.6 Å². The summed E-state index contributed by atoms with van der Waals surface area (Å²) in [5, 5.41) is 6.21. The van der Waals surface area contributed by atoms with Crippen molar-refractivity contribution in [3.05, 3.63) is 12.2 Å². The summed E-state index contributed by atoms with van der Waals surface area (Å²) in [7, 11) is 1.63. The topological polar surface area (TPSA) is 37.2 Å². The number of ether oxygens (including phenoxy) is 1. The van der Waals surface area contributed by atoms with E-state index in [1.54, 1.807) is 18.2 Å². The summed E-state index contributed by atoms with van der Waals surface area (Å²) in [5.74, 6) is 0.811. The molecular weight excluding hydrogens is 178 g/mol. The number of hydrogen-bond acceptors (Lipinski definition) is 4. The van der Waals surface area contributed by atoms with Gasteiger partial charge in [-0.2, -0.15) is 5.10 Å². The Morgan fingerprint density at radius 3 is 3.25 bits per heavy atom. The maximum Gasteiger partial charge on any atom is 0.171 e. The van der Waals surface area contributed by atoms with Gasteiger partial charge in [-0.25, -0.2) is 5.01 Å². The minimum atomic E-state index is -0.0984. The highest BCUT2D eigenvalue weighted by Crippen LogP contribution is 2.16. The monoisotopic (exact) mass is 185 g/mol. The van der Waals surface area contributed by atoms with Gasteiger partial charge in [0.2, 0.25) is 0 Å². The Hall–Kier alpha value is -0.870. The van der Waals surface area contributed by atoms with Crippen molar-refractivity contribution in [1.29, 1.82) is 0 Å². The second-order valence-electron chi connectivity index (χ2n) is 2.49. The summed E-state index contributed by atoms with van der Waals surface area (Å²) in [4.78, 5) is 4.21. The smallest absolute Gasteiger partial charge is 0.171 e. The highest BCUT2D eigenvalue weighted by atomic mass is 35.5. The standard InChI is InChI=1S/C7H8ClN3O/c1-12-7-4-9-6-3-2-5(8)10-11(6)7/h2-3,7H,4H2,1H3/t7-/m0/s1. The SMILES string of the molecule is CO[C@H]1CN=C2C=CC(Cl)=NN21. The van der Waals surface area contributed by atoms with Gasteiger partial charge in [0.25, 0.3) is 0 Å². The number of hydrogen-bond donors (Lipinski definition) is 0. The van der Waals surface area contributed by atoms with E-state index in [2.05, 4.69) is 10.1 Å². The molecule has 2 aliphatic rings. The maximum absolute atomic E-state index is 5.72. The Bertz CT molecular complexity index is 284. The van der Waals surface area contributed by atoms with Gasteiger partial charge in [-0.05, 0) is 12.2 Å². The predicted molar refractivity (Wildman–Crippen MR) is 47.4 cm³/mol. The van der Waals surface area contributed by atoms with E-state index in [0.717, 1.165) is 5.84 Å². The molecule has 1 atom stereocenters. The number of halogens is 1. The van der Waals surface area contributed by atoms with Crippen molar-refractivity contribution in [3.63, 3.8) is 0 Å². The summed E-state index contributed by atoms with van der Waals surface area (Å²) in [6.07, 6.45) is 3.45. The first kappa shape index (κ1) is 7.76. The maximum atomic E-state index is 5.72. The second-order valence-corrected chi connectivity index (χ2v) is 2.88. The van der Waals surface area contributed by atoms with E-state index < -0.39 is 0 Å². The van der Waals surface area contributed by atoms with Gasteiger partial charge in [0, 0.05) is 7.11 Å². The fourth-order valence-corrected chi connectivity index (χ4v) is 1.31. The first-order valence-electron chi connectivity index (χ1n) is 3.60. The number of nitrogens with zero attached hydrogens (tertiary/aromatic N) is 3. The van der Waals surface area contributed by atoms with E-state index in [0.29, 0.717) is 11.7 Å². The van der Waals surface area contributed by atoms with Crippen LogP contribution in [0.25, 0.3) is 0 Å². The lowest BCUT2D eigenvalue weighted by atomic mass is 10.4. The normalized spacial score (nSPS) is 26.8. The zero-order valence-electron chi connectivity index (χ0n) is 6.57. The molecule has 4 nitrogen and oxygen atoms in total. The quantitative estimate of drug-likeness (QED) is 0.606. The molecule has 0 amide bonds. The number of amidine groups is 1. The molecule has 2 aliphatic heterocycles.